The molecule has 0 aliphatic carbocycles. The molecule has 0 N–H and O–H groups in total. The van der Waals surface area contributed by atoms with Crippen LogP contribution < -0.4 is 0 Å². The quantitative estimate of drug-likeness (QED) is 0.475. The molecule has 0 fully saturated rings. The van der Waals surface area contributed by atoms with Gasteiger partial charge in [-0.2, -0.15) is 0 Å². The van der Waals surface area contributed by atoms with Crippen molar-refractivity contribution in [1.82, 2.24) is 19.7 Å². The fraction of sp³-hybridized carbons (Fsp3) is 0.286. The summed E-state index contributed by atoms with van der Waals surface area (Å²) in [6, 6.07) is 3.83. The number of aliphatic imine (C=N–C) groups is 1. The lowest BCUT2D eigenvalue weighted by molar-refractivity contribution is -0.115. The Bertz CT molecular complexity index is 603. The lowest BCUT2D eigenvalue weighted by atomic mass is 10.3. The Kier molecular flexibility index (Phi) is 4.24. The van der Waals surface area contributed by atoms with Crippen LogP contribution in [0.15, 0.2) is 35.7 Å². The number of nitrogens with zero attached hydrogens (tertiary/aromatic N) is 5. The minimum absolute atomic E-state index is 0.0666. The van der Waals surface area contributed by atoms with Gasteiger partial charge in [-0.25, -0.2) is 9.67 Å². The highest BCUT2D eigenvalue weighted by Crippen LogP contribution is 2.17. The average Bonchev–Trinajstić information content (AvgIpc) is 2.82. The van der Waals surface area contributed by atoms with Crippen molar-refractivity contribution in [3.63, 3.8) is 0 Å². The molecule has 0 spiro atoms. The number of carbonyl (C=O) groups excluding carboxylic acids is 1. The van der Waals surface area contributed by atoms with E-state index in [2.05, 4.69) is 15.1 Å². The number of rotatable bonds is 5. The Hall–Kier alpha value is -2.50. The minimum Gasteiger partial charge on any atom is -0.303 e. The van der Waals surface area contributed by atoms with Gasteiger partial charge in [-0.1, -0.05) is 0 Å². The molecule has 2 rings (SSSR count). The molecule has 0 aromatic carbocycles. The summed E-state index contributed by atoms with van der Waals surface area (Å²) in [7, 11) is 0. The highest BCUT2D eigenvalue weighted by Gasteiger charge is 2.07. The van der Waals surface area contributed by atoms with Crippen LogP contribution in [0.4, 0.5) is 5.82 Å². The van der Waals surface area contributed by atoms with Crippen LogP contribution in [-0.2, 0) is 4.79 Å². The highest BCUT2D eigenvalue weighted by atomic mass is 16.1. The molecule has 1 amide bonds. The number of amides is 1. The second-order valence-corrected chi connectivity index (χ2v) is 4.68. The molecule has 2 aromatic heterocycles. The van der Waals surface area contributed by atoms with Crippen LogP contribution in [0.25, 0.3) is 5.69 Å². The van der Waals surface area contributed by atoms with Gasteiger partial charge < -0.3 is 4.90 Å². The molecule has 20 heavy (non-hydrogen) atoms. The molecule has 2 heterocycles. The second-order valence-electron chi connectivity index (χ2n) is 4.68. The topological polar surface area (TPSA) is 63.4 Å². The van der Waals surface area contributed by atoms with Gasteiger partial charge in [-0.3, -0.25) is 9.78 Å². The number of pyridine rings is 1. The fourth-order valence-electron chi connectivity index (χ4n) is 1.60. The van der Waals surface area contributed by atoms with Gasteiger partial charge in [0.25, 0.3) is 0 Å². The average molecular weight is 271 g/mol. The predicted octanol–water partition coefficient (Wildman–Crippen LogP) is 2.10. The molecule has 0 bridgehead atoms. The summed E-state index contributed by atoms with van der Waals surface area (Å²) in [4.78, 5) is 20.7. The molecule has 6 nitrogen and oxygen atoms in total. The van der Waals surface area contributed by atoms with Crippen LogP contribution in [-0.4, -0.2) is 38.5 Å². The monoisotopic (exact) mass is 271 g/mol. The van der Waals surface area contributed by atoms with E-state index < -0.39 is 0 Å². The third-order valence-electron chi connectivity index (χ3n) is 2.81. The summed E-state index contributed by atoms with van der Waals surface area (Å²) in [5, 5.41) is 4.38. The van der Waals surface area contributed by atoms with Crippen molar-refractivity contribution in [2.75, 3.05) is 0 Å². The Balaban J connectivity index is 2.24. The molecule has 0 saturated carbocycles. The van der Waals surface area contributed by atoms with Gasteiger partial charge in [0, 0.05) is 24.0 Å². The molecular weight excluding hydrogens is 254 g/mol. The molecule has 0 aliphatic rings. The maximum atomic E-state index is 10.9. The van der Waals surface area contributed by atoms with Gasteiger partial charge in [-0.05, 0) is 32.9 Å². The van der Waals surface area contributed by atoms with Crippen LogP contribution in [0.1, 0.15) is 19.4 Å². The lowest BCUT2D eigenvalue weighted by Gasteiger charge is -2.14. The Morgan fingerprint density at radius 2 is 2.25 bits per heavy atom. The summed E-state index contributed by atoms with van der Waals surface area (Å²) in [6.45, 7) is 5.76. The Labute approximate surface area is 117 Å². The molecule has 0 radical (unpaired) electrons. The molecule has 0 aliphatic heterocycles. The van der Waals surface area contributed by atoms with Crippen LogP contribution in [0.5, 0.6) is 0 Å². The van der Waals surface area contributed by atoms with Crippen LogP contribution in [0.3, 0.4) is 0 Å². The van der Waals surface area contributed by atoms with E-state index >= 15 is 0 Å². The van der Waals surface area contributed by atoms with Crippen LogP contribution in [0.2, 0.25) is 0 Å². The Morgan fingerprint density at radius 1 is 1.45 bits per heavy atom. The zero-order chi connectivity index (χ0) is 14.5. The third-order valence-corrected chi connectivity index (χ3v) is 2.81. The van der Waals surface area contributed by atoms with Crippen molar-refractivity contribution in [2.45, 2.75) is 26.8 Å². The summed E-state index contributed by atoms with van der Waals surface area (Å²) in [5.41, 5.74) is 1.80. The zero-order valence-electron chi connectivity index (χ0n) is 11.8. The van der Waals surface area contributed by atoms with Crippen molar-refractivity contribution in [1.29, 1.82) is 0 Å². The van der Waals surface area contributed by atoms with E-state index in [0.29, 0.717) is 5.82 Å². The van der Waals surface area contributed by atoms with Gasteiger partial charge in [0.15, 0.2) is 5.82 Å². The van der Waals surface area contributed by atoms with Gasteiger partial charge in [-0.15, -0.1) is 5.10 Å². The maximum absolute atomic E-state index is 10.9. The first-order valence-corrected chi connectivity index (χ1v) is 6.35. The first-order valence-electron chi connectivity index (χ1n) is 6.35. The number of carbonyl (C=O) groups is 1. The van der Waals surface area contributed by atoms with Crippen LogP contribution >= 0.6 is 0 Å². The number of aryl methyl sites for hydroxylation is 1. The summed E-state index contributed by atoms with van der Waals surface area (Å²) < 4.78 is 1.72. The smallest absolute Gasteiger partial charge is 0.215 e. The largest absolute Gasteiger partial charge is 0.303 e. The molecule has 104 valence electrons. The summed E-state index contributed by atoms with van der Waals surface area (Å²) in [5.74, 6) is 0.585. The standard InChI is InChI=1S/C14H17N5O/c1-11(2)18(10-20)9-16-14-12(3)8-19(17-14)13-5-4-6-15-7-13/h4-11H,1-3H3. The van der Waals surface area contributed by atoms with E-state index in [1.165, 1.54) is 11.2 Å². The van der Waals surface area contributed by atoms with E-state index in [1.54, 1.807) is 17.1 Å². The first-order chi connectivity index (χ1) is 9.61. The Morgan fingerprint density at radius 3 is 2.85 bits per heavy atom. The fourth-order valence-corrected chi connectivity index (χ4v) is 1.60. The minimum atomic E-state index is 0.0666. The van der Waals surface area contributed by atoms with Crippen molar-refractivity contribution in [3.05, 3.63) is 36.3 Å². The molecule has 2 aromatic rings. The lowest BCUT2D eigenvalue weighted by Crippen LogP contribution is -2.27. The van der Waals surface area contributed by atoms with E-state index in [0.717, 1.165) is 17.7 Å². The molecular formula is C14H17N5O. The van der Waals surface area contributed by atoms with Crippen molar-refractivity contribution in [3.8, 4) is 5.69 Å². The highest BCUT2D eigenvalue weighted by molar-refractivity contribution is 5.74. The van der Waals surface area contributed by atoms with E-state index in [9.17, 15) is 4.79 Å². The third kappa shape index (κ3) is 3.09. The number of aromatic nitrogens is 3. The maximum Gasteiger partial charge on any atom is 0.215 e. The van der Waals surface area contributed by atoms with Crippen molar-refractivity contribution in [2.24, 2.45) is 4.99 Å². The van der Waals surface area contributed by atoms with Crippen molar-refractivity contribution >= 4 is 18.6 Å². The summed E-state index contributed by atoms with van der Waals surface area (Å²) in [6.07, 6.45) is 7.57. The number of hydrogen-bond acceptors (Lipinski definition) is 4. The van der Waals surface area contributed by atoms with E-state index in [-0.39, 0.29) is 6.04 Å². The normalized spacial score (nSPS) is 11.2. The van der Waals surface area contributed by atoms with Gasteiger partial charge >= 0.3 is 0 Å². The zero-order valence-corrected chi connectivity index (χ0v) is 11.8. The van der Waals surface area contributed by atoms with Gasteiger partial charge in [0.05, 0.1) is 18.2 Å². The number of hydrogen-bond donors (Lipinski definition) is 0. The predicted molar refractivity (Wildman–Crippen MR) is 77.3 cm³/mol. The van der Waals surface area contributed by atoms with E-state index in [4.69, 9.17) is 0 Å². The van der Waals surface area contributed by atoms with Crippen LogP contribution in [0, 0.1) is 6.92 Å². The summed E-state index contributed by atoms with van der Waals surface area (Å²) >= 11 is 0. The van der Waals surface area contributed by atoms with Crippen molar-refractivity contribution < 1.29 is 4.79 Å². The van der Waals surface area contributed by atoms with Gasteiger partial charge in [0.2, 0.25) is 6.41 Å². The van der Waals surface area contributed by atoms with E-state index in [1.807, 2.05) is 39.1 Å². The second kappa shape index (κ2) is 6.10. The molecule has 0 atom stereocenters. The SMILES string of the molecule is Cc1cn(-c2cccnc2)nc1N=CN(C=O)C(C)C. The molecule has 6 heteroatoms. The van der Waals surface area contributed by atoms with Gasteiger partial charge in [0.1, 0.15) is 0 Å². The molecule has 0 unspecified atom stereocenters. The first kappa shape index (κ1) is 13.9. The molecule has 0 saturated heterocycles.